The van der Waals surface area contributed by atoms with Crippen molar-refractivity contribution < 1.29 is 82.4 Å². The van der Waals surface area contributed by atoms with Crippen molar-refractivity contribution in [1.29, 1.82) is 0 Å². The molecule has 6 heterocycles. The van der Waals surface area contributed by atoms with Crippen LogP contribution in [0.2, 0.25) is 0 Å². The van der Waals surface area contributed by atoms with Crippen molar-refractivity contribution in [3.8, 4) is 0 Å². The Labute approximate surface area is 371 Å². The minimum Gasteiger partial charge on any atom is -0.399 e. The van der Waals surface area contributed by atoms with Gasteiger partial charge in [0.15, 0.2) is 0 Å². The van der Waals surface area contributed by atoms with Crippen molar-refractivity contribution in [2.24, 2.45) is 0 Å². The van der Waals surface area contributed by atoms with E-state index in [4.69, 9.17) is 80.4 Å². The first kappa shape index (κ1) is 62.5. The van der Waals surface area contributed by atoms with Crippen LogP contribution in [-0.2, 0) is 67.1 Å². The number of aromatic nitrogens is 6. The number of hydrogen-bond acceptors (Lipinski definition) is 21. The Bertz CT molecular complexity index is 1410. The van der Waals surface area contributed by atoms with Crippen LogP contribution in [0.4, 0.5) is 34.1 Å². The van der Waals surface area contributed by atoms with Gasteiger partial charge in [0.1, 0.15) is 0 Å². The summed E-state index contributed by atoms with van der Waals surface area (Å²) in [7, 11) is 0. The molecule has 6 aromatic rings. The quantitative estimate of drug-likeness (QED) is 0.0722. The summed E-state index contributed by atoms with van der Waals surface area (Å²) in [5, 5.41) is 44.2. The Kier molecular flexibility index (Phi) is 50.1. The van der Waals surface area contributed by atoms with Crippen molar-refractivity contribution in [3.05, 3.63) is 193 Å². The van der Waals surface area contributed by atoms with E-state index in [0.29, 0.717) is 0 Å². The van der Waals surface area contributed by atoms with Gasteiger partial charge in [-0.25, -0.2) is 0 Å². The summed E-state index contributed by atoms with van der Waals surface area (Å²) < 4.78 is 0. The predicted molar refractivity (Wildman–Crippen MR) is 203 cm³/mol. The number of rotatable bonds is 0. The fourth-order valence-corrected chi connectivity index (χ4v) is 2.18. The number of nitrogens with two attached hydrogens (primary N) is 6. The molecule has 0 spiro atoms. The SMILES string of the molecule is Nc1ccncc1.Nc1ccncc1.Nc1ccncc1.Nc1ccncc1.Nc1ccncc1.Nc1ccncc1.O=[N+]([O-])[O-].O=[N+]([O-])[O-].O=[N+]([O-])[O-].[Ag+].[Ag+].[Ag+]. The fraction of sp³-hybridized carbons (Fsp3) is 0. The minimum atomic E-state index is -1.75. The van der Waals surface area contributed by atoms with Gasteiger partial charge in [0.2, 0.25) is 0 Å². The summed E-state index contributed by atoms with van der Waals surface area (Å²) in [6.45, 7) is 0. The van der Waals surface area contributed by atoms with Crippen LogP contribution < -0.4 is 34.4 Å². The molecule has 6 aromatic heterocycles. The summed E-state index contributed by atoms with van der Waals surface area (Å²) >= 11 is 0. The minimum absolute atomic E-state index is 0. The van der Waals surface area contributed by atoms with Gasteiger partial charge in [0, 0.05) is 108 Å². The molecule has 0 atom stereocenters. The average molecular weight is 1070 g/mol. The van der Waals surface area contributed by atoms with E-state index >= 15 is 0 Å². The van der Waals surface area contributed by atoms with E-state index in [2.05, 4.69) is 29.9 Å². The smallest absolute Gasteiger partial charge is 0.399 e. The zero-order chi connectivity index (χ0) is 41.4. The van der Waals surface area contributed by atoms with E-state index in [9.17, 15) is 0 Å². The molecule has 0 saturated heterocycles. The van der Waals surface area contributed by atoms with Crippen LogP contribution in [-0.4, -0.2) is 45.2 Å². The molecule has 0 unspecified atom stereocenters. The molecule has 0 aliphatic heterocycles. The van der Waals surface area contributed by atoms with Gasteiger partial charge < -0.3 is 80.4 Å². The maximum Gasteiger partial charge on any atom is 1.00 e. The largest absolute Gasteiger partial charge is 1.00 e. The molecule has 0 radical (unpaired) electrons. The Morgan fingerprint density at radius 1 is 0.281 bits per heavy atom. The van der Waals surface area contributed by atoms with E-state index in [1.54, 1.807) is 147 Å². The summed E-state index contributed by atoms with van der Waals surface area (Å²) in [5.74, 6) is 0. The molecule has 12 N–H and O–H groups in total. The molecule has 27 heteroatoms. The zero-order valence-electron chi connectivity index (χ0n) is 28.9. The summed E-state index contributed by atoms with van der Waals surface area (Å²) in [4.78, 5) is 47.3. The first-order valence-corrected chi connectivity index (χ1v) is 13.9. The first-order chi connectivity index (χ1) is 25.6. The molecular formula is C30H36Ag3N15O9. The maximum absolute atomic E-state index is 8.25. The molecular weight excluding hydrogens is 1040 g/mol. The van der Waals surface area contributed by atoms with E-state index in [1.807, 2.05) is 0 Å². The van der Waals surface area contributed by atoms with Gasteiger partial charge in [-0.1, -0.05) is 0 Å². The van der Waals surface area contributed by atoms with Gasteiger partial charge in [-0.15, -0.1) is 0 Å². The molecule has 0 saturated carbocycles. The average Bonchev–Trinajstić information content (AvgIpc) is 3.11. The van der Waals surface area contributed by atoms with E-state index in [-0.39, 0.29) is 67.1 Å². The number of nitrogen functional groups attached to an aromatic ring is 6. The molecule has 318 valence electrons. The summed E-state index contributed by atoms with van der Waals surface area (Å²) in [6.07, 6.45) is 19.9. The van der Waals surface area contributed by atoms with Crippen LogP contribution in [0.3, 0.4) is 0 Å². The van der Waals surface area contributed by atoms with Crippen LogP contribution in [0, 0.1) is 46.0 Å². The standard InChI is InChI=1S/6C5H6N2.3Ag.3NO3/c6*6-5-1-3-7-4-2-5;;;;3*2-1(3)4/h6*1-4H,(H2,6,7);;;;;;/q;;;;;;3*+1;3*-1. The van der Waals surface area contributed by atoms with Crippen molar-refractivity contribution >= 4 is 34.1 Å². The Morgan fingerprint density at radius 2 is 0.351 bits per heavy atom. The topological polar surface area (TPSA) is 432 Å². The van der Waals surface area contributed by atoms with Crippen LogP contribution >= 0.6 is 0 Å². The first-order valence-electron chi connectivity index (χ1n) is 13.9. The number of anilines is 6. The van der Waals surface area contributed by atoms with Gasteiger partial charge in [-0.05, 0) is 72.8 Å². The fourth-order valence-electron chi connectivity index (χ4n) is 2.18. The van der Waals surface area contributed by atoms with Gasteiger partial charge in [-0.2, -0.15) is 0 Å². The summed E-state index contributed by atoms with van der Waals surface area (Å²) in [5.41, 5.74) is 36.5. The van der Waals surface area contributed by atoms with Gasteiger partial charge in [-0.3, -0.25) is 29.9 Å². The van der Waals surface area contributed by atoms with Crippen LogP contribution in [0.1, 0.15) is 0 Å². The molecule has 57 heavy (non-hydrogen) atoms. The third-order valence-electron chi connectivity index (χ3n) is 4.24. The van der Waals surface area contributed by atoms with Crippen LogP contribution in [0.5, 0.6) is 0 Å². The number of nitrogens with zero attached hydrogens (tertiary/aromatic N) is 9. The van der Waals surface area contributed by atoms with Crippen LogP contribution in [0.15, 0.2) is 147 Å². The van der Waals surface area contributed by atoms with Gasteiger partial charge >= 0.3 is 67.1 Å². The molecule has 0 aliphatic rings. The molecule has 0 aliphatic carbocycles. The van der Waals surface area contributed by atoms with Gasteiger partial charge in [0.05, 0.1) is 15.3 Å². The van der Waals surface area contributed by atoms with Crippen LogP contribution in [0.25, 0.3) is 0 Å². The van der Waals surface area contributed by atoms with Crippen molar-refractivity contribution in [3.63, 3.8) is 0 Å². The van der Waals surface area contributed by atoms with Crippen molar-refractivity contribution in [2.75, 3.05) is 34.4 Å². The van der Waals surface area contributed by atoms with Crippen molar-refractivity contribution in [1.82, 2.24) is 29.9 Å². The second-order valence-electron chi connectivity index (χ2n) is 8.35. The Balaban J connectivity index is -0.000000129. The monoisotopic (exact) mass is 1070 g/mol. The molecule has 6 rings (SSSR count). The second kappa shape index (κ2) is 45.7. The molecule has 0 fully saturated rings. The van der Waals surface area contributed by atoms with Crippen molar-refractivity contribution in [2.45, 2.75) is 0 Å². The summed E-state index contributed by atoms with van der Waals surface area (Å²) in [6, 6.07) is 21.0. The number of hydrogen-bond donors (Lipinski definition) is 6. The Hall–Kier alpha value is -6.48. The zero-order valence-corrected chi connectivity index (χ0v) is 33.4. The molecule has 0 amide bonds. The third-order valence-corrected chi connectivity index (χ3v) is 4.24. The number of pyridine rings is 6. The molecule has 0 bridgehead atoms. The maximum atomic E-state index is 8.25. The van der Waals surface area contributed by atoms with E-state index < -0.39 is 15.3 Å². The Morgan fingerprint density at radius 3 is 0.386 bits per heavy atom. The predicted octanol–water partition coefficient (Wildman–Crippen LogP) is 3.26. The van der Waals surface area contributed by atoms with Gasteiger partial charge in [0.25, 0.3) is 0 Å². The van der Waals surface area contributed by atoms with E-state index in [0.717, 1.165) is 34.1 Å². The van der Waals surface area contributed by atoms with E-state index in [1.165, 1.54) is 0 Å². The molecule has 24 nitrogen and oxygen atoms in total. The third kappa shape index (κ3) is 64.9. The normalized spacial score (nSPS) is 7.58. The molecule has 0 aromatic carbocycles. The second-order valence-corrected chi connectivity index (χ2v) is 8.35.